The maximum Gasteiger partial charge on any atom is 0.251 e. The molecule has 5 nitrogen and oxygen atoms in total. The fourth-order valence-electron chi connectivity index (χ4n) is 1.07. The number of methoxy groups -OCH3 is 1. The van der Waals surface area contributed by atoms with Crippen LogP contribution in [0.5, 0.6) is 0 Å². The highest BCUT2D eigenvalue weighted by Gasteiger charge is 2.07. The van der Waals surface area contributed by atoms with Crippen LogP contribution in [-0.4, -0.2) is 42.4 Å². The summed E-state index contributed by atoms with van der Waals surface area (Å²) in [4.78, 5) is 15.3. The van der Waals surface area contributed by atoms with Crippen molar-refractivity contribution in [2.45, 2.75) is 6.10 Å². The summed E-state index contributed by atoms with van der Waals surface area (Å²) in [5.41, 5.74) is 0.523. The topological polar surface area (TPSA) is 71.5 Å². The van der Waals surface area contributed by atoms with Crippen LogP contribution in [0.3, 0.4) is 0 Å². The standard InChI is InChI=1S/C10H14N2O3/c1-15-7-9(13)6-12-10(14)8-2-4-11-5-3-8/h2-5,9,13H,6-7H2,1H3,(H,12,14). The molecule has 0 aliphatic carbocycles. The van der Waals surface area contributed by atoms with Gasteiger partial charge in [-0.15, -0.1) is 0 Å². The molecule has 0 aliphatic rings. The van der Waals surface area contributed by atoms with Gasteiger partial charge in [-0.05, 0) is 12.1 Å². The number of nitrogens with one attached hydrogen (secondary N) is 1. The Morgan fingerprint density at radius 1 is 1.60 bits per heavy atom. The molecular weight excluding hydrogens is 196 g/mol. The number of hydrogen-bond donors (Lipinski definition) is 2. The second-order valence-corrected chi connectivity index (χ2v) is 3.06. The molecule has 0 spiro atoms. The molecular formula is C10H14N2O3. The maximum atomic E-state index is 11.5. The summed E-state index contributed by atoms with van der Waals surface area (Å²) in [6.45, 7) is 0.381. The zero-order valence-corrected chi connectivity index (χ0v) is 8.51. The molecule has 0 fully saturated rings. The third-order valence-electron chi connectivity index (χ3n) is 1.80. The third kappa shape index (κ3) is 4.05. The van der Waals surface area contributed by atoms with Crippen molar-refractivity contribution in [3.63, 3.8) is 0 Å². The monoisotopic (exact) mass is 210 g/mol. The summed E-state index contributed by atoms with van der Waals surface area (Å²) in [5.74, 6) is -0.229. The number of rotatable bonds is 5. The normalized spacial score (nSPS) is 12.1. The van der Waals surface area contributed by atoms with Gasteiger partial charge in [0.15, 0.2) is 0 Å². The van der Waals surface area contributed by atoms with E-state index in [9.17, 15) is 9.90 Å². The number of amides is 1. The van der Waals surface area contributed by atoms with E-state index in [4.69, 9.17) is 4.74 Å². The Bertz CT molecular complexity index is 303. The molecule has 1 atom stereocenters. The molecule has 1 rings (SSSR count). The lowest BCUT2D eigenvalue weighted by Crippen LogP contribution is -2.34. The van der Waals surface area contributed by atoms with E-state index in [0.29, 0.717) is 5.56 Å². The summed E-state index contributed by atoms with van der Waals surface area (Å²) in [7, 11) is 1.49. The molecule has 0 saturated carbocycles. The fraction of sp³-hybridized carbons (Fsp3) is 0.400. The van der Waals surface area contributed by atoms with E-state index in [0.717, 1.165) is 0 Å². The van der Waals surface area contributed by atoms with Crippen LogP contribution >= 0.6 is 0 Å². The second-order valence-electron chi connectivity index (χ2n) is 3.06. The van der Waals surface area contributed by atoms with Crippen LogP contribution < -0.4 is 5.32 Å². The molecule has 0 aliphatic heterocycles. The van der Waals surface area contributed by atoms with Gasteiger partial charge in [-0.25, -0.2) is 0 Å². The van der Waals surface area contributed by atoms with Crippen molar-refractivity contribution >= 4 is 5.91 Å². The molecule has 1 aromatic heterocycles. The number of ether oxygens (including phenoxy) is 1. The number of aromatic nitrogens is 1. The van der Waals surface area contributed by atoms with Crippen LogP contribution in [0.15, 0.2) is 24.5 Å². The van der Waals surface area contributed by atoms with Gasteiger partial charge in [0.05, 0.1) is 12.7 Å². The Balaban J connectivity index is 2.37. The van der Waals surface area contributed by atoms with E-state index in [1.807, 2.05) is 0 Å². The van der Waals surface area contributed by atoms with Crippen LogP contribution in [0.4, 0.5) is 0 Å². The van der Waals surface area contributed by atoms with Gasteiger partial charge in [0, 0.05) is 31.6 Å². The number of aliphatic hydroxyl groups excluding tert-OH is 1. The smallest absolute Gasteiger partial charge is 0.251 e. The molecule has 0 radical (unpaired) electrons. The van der Waals surface area contributed by atoms with Gasteiger partial charge in [0.25, 0.3) is 5.91 Å². The van der Waals surface area contributed by atoms with Crippen molar-refractivity contribution < 1.29 is 14.6 Å². The number of nitrogens with zero attached hydrogens (tertiary/aromatic N) is 1. The fourth-order valence-corrected chi connectivity index (χ4v) is 1.07. The van der Waals surface area contributed by atoms with Crippen LogP contribution in [-0.2, 0) is 4.74 Å². The Morgan fingerprint density at radius 2 is 2.27 bits per heavy atom. The second kappa shape index (κ2) is 6.10. The van der Waals surface area contributed by atoms with Crippen molar-refractivity contribution in [1.82, 2.24) is 10.3 Å². The molecule has 1 amide bonds. The van der Waals surface area contributed by atoms with E-state index in [1.54, 1.807) is 24.5 Å². The molecule has 2 N–H and O–H groups in total. The zero-order valence-electron chi connectivity index (χ0n) is 8.51. The van der Waals surface area contributed by atoms with Crippen molar-refractivity contribution in [2.24, 2.45) is 0 Å². The van der Waals surface area contributed by atoms with Crippen LogP contribution in [0.1, 0.15) is 10.4 Å². The van der Waals surface area contributed by atoms with Gasteiger partial charge < -0.3 is 15.2 Å². The first-order valence-electron chi connectivity index (χ1n) is 4.59. The Hall–Kier alpha value is -1.46. The first-order valence-corrected chi connectivity index (χ1v) is 4.59. The number of pyridine rings is 1. The predicted octanol–water partition coefficient (Wildman–Crippen LogP) is -0.181. The average molecular weight is 210 g/mol. The molecule has 1 aromatic rings. The van der Waals surface area contributed by atoms with E-state index in [2.05, 4.69) is 10.3 Å². The Morgan fingerprint density at radius 3 is 2.87 bits per heavy atom. The molecule has 0 saturated heterocycles. The lowest BCUT2D eigenvalue weighted by Gasteiger charge is -2.10. The Kier molecular flexibility index (Phi) is 4.73. The van der Waals surface area contributed by atoms with Gasteiger partial charge in [-0.3, -0.25) is 9.78 Å². The van der Waals surface area contributed by atoms with E-state index in [1.165, 1.54) is 7.11 Å². The van der Waals surface area contributed by atoms with Gasteiger partial charge in [0.2, 0.25) is 0 Å². The van der Waals surface area contributed by atoms with E-state index >= 15 is 0 Å². The van der Waals surface area contributed by atoms with Crippen LogP contribution in [0, 0.1) is 0 Å². The first-order chi connectivity index (χ1) is 7.24. The SMILES string of the molecule is COCC(O)CNC(=O)c1ccncc1. The number of carbonyl (C=O) groups is 1. The lowest BCUT2D eigenvalue weighted by molar-refractivity contribution is 0.0610. The summed E-state index contributed by atoms with van der Waals surface area (Å²) < 4.78 is 4.73. The van der Waals surface area contributed by atoms with Crippen molar-refractivity contribution in [3.8, 4) is 0 Å². The minimum absolute atomic E-state index is 0.176. The van der Waals surface area contributed by atoms with E-state index < -0.39 is 6.10 Å². The van der Waals surface area contributed by atoms with Crippen LogP contribution in [0.25, 0.3) is 0 Å². The average Bonchev–Trinajstić information content (AvgIpc) is 2.27. The molecule has 5 heteroatoms. The highest BCUT2D eigenvalue weighted by atomic mass is 16.5. The van der Waals surface area contributed by atoms with Gasteiger partial charge in [0.1, 0.15) is 0 Å². The lowest BCUT2D eigenvalue weighted by atomic mass is 10.2. The van der Waals surface area contributed by atoms with Gasteiger partial charge in [-0.2, -0.15) is 0 Å². The van der Waals surface area contributed by atoms with Crippen molar-refractivity contribution in [2.75, 3.05) is 20.3 Å². The molecule has 0 bridgehead atoms. The third-order valence-corrected chi connectivity index (χ3v) is 1.80. The quantitative estimate of drug-likeness (QED) is 0.707. The van der Waals surface area contributed by atoms with Gasteiger partial charge in [-0.1, -0.05) is 0 Å². The minimum Gasteiger partial charge on any atom is -0.389 e. The first kappa shape index (κ1) is 11.6. The Labute approximate surface area is 88.1 Å². The molecule has 1 unspecified atom stereocenters. The van der Waals surface area contributed by atoms with Crippen molar-refractivity contribution in [3.05, 3.63) is 30.1 Å². The summed E-state index contributed by atoms with van der Waals surface area (Å²) >= 11 is 0. The predicted molar refractivity (Wildman–Crippen MR) is 54.5 cm³/mol. The summed E-state index contributed by atoms with van der Waals surface area (Å²) in [5, 5.41) is 11.9. The number of carbonyl (C=O) groups excluding carboxylic acids is 1. The largest absolute Gasteiger partial charge is 0.389 e. The molecule has 82 valence electrons. The number of aliphatic hydroxyl groups is 1. The number of hydrogen-bond acceptors (Lipinski definition) is 4. The summed E-state index contributed by atoms with van der Waals surface area (Å²) in [6, 6.07) is 3.22. The van der Waals surface area contributed by atoms with Gasteiger partial charge >= 0.3 is 0 Å². The molecule has 15 heavy (non-hydrogen) atoms. The maximum absolute atomic E-state index is 11.5. The summed E-state index contributed by atoms with van der Waals surface area (Å²) in [6.07, 6.45) is 2.40. The van der Waals surface area contributed by atoms with E-state index in [-0.39, 0.29) is 19.1 Å². The highest BCUT2D eigenvalue weighted by Crippen LogP contribution is 1.95. The zero-order chi connectivity index (χ0) is 11.1. The molecule has 0 aromatic carbocycles. The molecule has 1 heterocycles. The van der Waals surface area contributed by atoms with Crippen molar-refractivity contribution in [1.29, 1.82) is 0 Å². The minimum atomic E-state index is -0.680. The highest BCUT2D eigenvalue weighted by molar-refractivity contribution is 5.93. The van der Waals surface area contributed by atoms with Crippen LogP contribution in [0.2, 0.25) is 0 Å².